The number of aromatic amines is 1. The highest BCUT2D eigenvalue weighted by atomic mass is 16.2. The summed E-state index contributed by atoms with van der Waals surface area (Å²) in [5.41, 5.74) is 4.32. The Morgan fingerprint density at radius 1 is 1.32 bits per heavy atom. The summed E-state index contributed by atoms with van der Waals surface area (Å²) < 4.78 is 0. The molecule has 1 heterocycles. The van der Waals surface area contributed by atoms with E-state index in [0.29, 0.717) is 6.04 Å². The topological polar surface area (TPSA) is 36.1 Å². The van der Waals surface area contributed by atoms with E-state index in [1.807, 2.05) is 11.9 Å². The second-order valence-electron chi connectivity index (χ2n) is 6.63. The first-order valence-electron chi connectivity index (χ1n) is 8.50. The van der Waals surface area contributed by atoms with Gasteiger partial charge in [0.05, 0.1) is 0 Å². The zero-order chi connectivity index (χ0) is 15.7. The number of nitrogens with zero attached hydrogens (tertiary/aromatic N) is 1. The van der Waals surface area contributed by atoms with Gasteiger partial charge < -0.3 is 9.88 Å². The monoisotopic (exact) mass is 298 g/mol. The average molecular weight is 298 g/mol. The van der Waals surface area contributed by atoms with Crippen LogP contribution in [0.3, 0.4) is 0 Å². The van der Waals surface area contributed by atoms with Gasteiger partial charge in [-0.2, -0.15) is 0 Å². The van der Waals surface area contributed by atoms with Crippen molar-refractivity contribution in [2.75, 3.05) is 7.05 Å². The molecule has 118 valence electrons. The SMILES string of the molecule is CCCc1c(C(=O)N(C)C2CCCC2)[nH]c2ccc(C)cc12. The molecule has 1 amide bonds. The molecule has 0 unspecified atom stereocenters. The van der Waals surface area contributed by atoms with E-state index in [1.165, 1.54) is 29.4 Å². The Morgan fingerprint density at radius 2 is 2.05 bits per heavy atom. The molecule has 0 atom stereocenters. The van der Waals surface area contributed by atoms with E-state index in [-0.39, 0.29) is 5.91 Å². The van der Waals surface area contributed by atoms with Crippen LogP contribution < -0.4 is 0 Å². The van der Waals surface area contributed by atoms with Crippen molar-refractivity contribution in [2.45, 2.75) is 58.4 Å². The summed E-state index contributed by atoms with van der Waals surface area (Å²) in [7, 11) is 1.96. The van der Waals surface area contributed by atoms with Crippen LogP contribution in [0.4, 0.5) is 0 Å². The van der Waals surface area contributed by atoms with Crippen LogP contribution in [0.5, 0.6) is 0 Å². The van der Waals surface area contributed by atoms with Crippen LogP contribution in [0.25, 0.3) is 10.9 Å². The average Bonchev–Trinajstić information content (AvgIpc) is 3.15. The first kappa shape index (κ1) is 15.1. The molecule has 2 aromatic rings. The van der Waals surface area contributed by atoms with Crippen molar-refractivity contribution < 1.29 is 4.79 Å². The molecule has 1 fully saturated rings. The zero-order valence-corrected chi connectivity index (χ0v) is 13.9. The van der Waals surface area contributed by atoms with E-state index in [1.54, 1.807) is 0 Å². The van der Waals surface area contributed by atoms with Gasteiger partial charge in [0, 0.05) is 24.0 Å². The fourth-order valence-corrected chi connectivity index (χ4v) is 3.69. The maximum atomic E-state index is 13.0. The summed E-state index contributed by atoms with van der Waals surface area (Å²) in [4.78, 5) is 18.3. The molecular weight excluding hydrogens is 272 g/mol. The molecule has 1 aliphatic rings. The molecule has 1 saturated carbocycles. The summed E-state index contributed by atoms with van der Waals surface area (Å²) in [5, 5.41) is 1.21. The summed E-state index contributed by atoms with van der Waals surface area (Å²) in [6, 6.07) is 6.80. The maximum Gasteiger partial charge on any atom is 0.270 e. The molecule has 1 aliphatic carbocycles. The van der Waals surface area contributed by atoms with Crippen molar-refractivity contribution in [3.63, 3.8) is 0 Å². The van der Waals surface area contributed by atoms with Gasteiger partial charge >= 0.3 is 0 Å². The van der Waals surface area contributed by atoms with E-state index in [2.05, 4.69) is 37.0 Å². The van der Waals surface area contributed by atoms with E-state index in [0.717, 1.165) is 36.9 Å². The smallest absolute Gasteiger partial charge is 0.270 e. The molecule has 0 spiro atoms. The molecule has 3 heteroatoms. The summed E-state index contributed by atoms with van der Waals surface area (Å²) in [5.74, 6) is 0.157. The lowest BCUT2D eigenvalue weighted by Gasteiger charge is -2.24. The number of rotatable bonds is 4. The minimum atomic E-state index is 0.157. The van der Waals surface area contributed by atoms with Crippen LogP contribution in [0, 0.1) is 6.92 Å². The number of nitrogens with one attached hydrogen (secondary N) is 1. The molecular formula is C19H26N2O. The van der Waals surface area contributed by atoms with Crippen molar-refractivity contribution in [2.24, 2.45) is 0 Å². The molecule has 1 N–H and O–H groups in total. The molecule has 3 rings (SSSR count). The van der Waals surface area contributed by atoms with Gasteiger partial charge in [0.25, 0.3) is 5.91 Å². The summed E-state index contributed by atoms with van der Waals surface area (Å²) >= 11 is 0. The van der Waals surface area contributed by atoms with Crippen molar-refractivity contribution in [1.82, 2.24) is 9.88 Å². The second kappa shape index (κ2) is 6.15. The largest absolute Gasteiger partial charge is 0.350 e. The van der Waals surface area contributed by atoms with Crippen LogP contribution >= 0.6 is 0 Å². The van der Waals surface area contributed by atoms with Crippen LogP contribution in [0.1, 0.15) is 60.6 Å². The van der Waals surface area contributed by atoms with Gasteiger partial charge in [-0.15, -0.1) is 0 Å². The standard InChI is InChI=1S/C19H26N2O/c1-4-7-15-16-12-13(2)10-11-17(16)20-18(15)19(22)21(3)14-8-5-6-9-14/h10-12,14,20H,4-9H2,1-3H3. The Bertz CT molecular complexity index is 680. The fourth-order valence-electron chi connectivity index (χ4n) is 3.69. The number of benzene rings is 1. The predicted molar refractivity (Wildman–Crippen MR) is 91.4 cm³/mol. The van der Waals surface area contributed by atoms with Gasteiger partial charge in [0.1, 0.15) is 5.69 Å². The number of aryl methyl sites for hydroxylation is 2. The highest BCUT2D eigenvalue weighted by molar-refractivity contribution is 6.01. The molecule has 3 nitrogen and oxygen atoms in total. The molecule has 0 aliphatic heterocycles. The first-order chi connectivity index (χ1) is 10.6. The minimum absolute atomic E-state index is 0.157. The number of amides is 1. The van der Waals surface area contributed by atoms with Gasteiger partial charge in [0.2, 0.25) is 0 Å². The molecule has 1 aromatic carbocycles. The van der Waals surface area contributed by atoms with Gasteiger partial charge in [-0.05, 0) is 43.9 Å². The predicted octanol–water partition coefficient (Wildman–Crippen LogP) is 4.44. The lowest BCUT2D eigenvalue weighted by molar-refractivity contribution is 0.0729. The van der Waals surface area contributed by atoms with E-state index in [4.69, 9.17) is 0 Å². The minimum Gasteiger partial charge on any atom is -0.350 e. The maximum absolute atomic E-state index is 13.0. The highest BCUT2D eigenvalue weighted by Gasteiger charge is 2.27. The van der Waals surface area contributed by atoms with Crippen molar-refractivity contribution in [1.29, 1.82) is 0 Å². The van der Waals surface area contributed by atoms with Crippen LogP contribution in [0.15, 0.2) is 18.2 Å². The Labute approximate surface area is 132 Å². The van der Waals surface area contributed by atoms with Crippen molar-refractivity contribution in [3.05, 3.63) is 35.0 Å². The molecule has 22 heavy (non-hydrogen) atoms. The Kier molecular flexibility index (Phi) is 4.23. The van der Waals surface area contributed by atoms with Gasteiger partial charge in [-0.25, -0.2) is 0 Å². The third-order valence-corrected chi connectivity index (χ3v) is 4.97. The Balaban J connectivity index is 2.01. The number of hydrogen-bond donors (Lipinski definition) is 1. The number of fused-ring (bicyclic) bond motifs is 1. The lowest BCUT2D eigenvalue weighted by atomic mass is 10.0. The second-order valence-corrected chi connectivity index (χ2v) is 6.63. The van der Waals surface area contributed by atoms with E-state index in [9.17, 15) is 4.79 Å². The Hall–Kier alpha value is -1.77. The van der Waals surface area contributed by atoms with E-state index >= 15 is 0 Å². The van der Waals surface area contributed by atoms with Gasteiger partial charge in [0.15, 0.2) is 0 Å². The lowest BCUT2D eigenvalue weighted by Crippen LogP contribution is -2.35. The fraction of sp³-hybridized carbons (Fsp3) is 0.526. The van der Waals surface area contributed by atoms with Gasteiger partial charge in [-0.3, -0.25) is 4.79 Å². The number of carbonyl (C=O) groups is 1. The van der Waals surface area contributed by atoms with E-state index < -0.39 is 0 Å². The molecule has 0 radical (unpaired) electrons. The van der Waals surface area contributed by atoms with Crippen molar-refractivity contribution in [3.8, 4) is 0 Å². The van der Waals surface area contributed by atoms with Crippen LogP contribution in [-0.4, -0.2) is 28.9 Å². The number of H-pyrrole nitrogens is 1. The first-order valence-corrected chi connectivity index (χ1v) is 8.50. The molecule has 1 aromatic heterocycles. The summed E-state index contributed by atoms with van der Waals surface area (Å²) in [6.07, 6.45) is 6.78. The number of hydrogen-bond acceptors (Lipinski definition) is 1. The number of aromatic nitrogens is 1. The quantitative estimate of drug-likeness (QED) is 0.889. The number of carbonyl (C=O) groups excluding carboxylic acids is 1. The third kappa shape index (κ3) is 2.65. The Morgan fingerprint density at radius 3 is 2.73 bits per heavy atom. The normalized spacial score (nSPS) is 15.6. The van der Waals surface area contributed by atoms with Crippen LogP contribution in [0.2, 0.25) is 0 Å². The van der Waals surface area contributed by atoms with Crippen molar-refractivity contribution >= 4 is 16.8 Å². The van der Waals surface area contributed by atoms with Crippen LogP contribution in [-0.2, 0) is 6.42 Å². The highest BCUT2D eigenvalue weighted by Crippen LogP contribution is 2.28. The molecule has 0 bridgehead atoms. The zero-order valence-electron chi connectivity index (χ0n) is 13.9. The molecule has 0 saturated heterocycles. The third-order valence-electron chi connectivity index (χ3n) is 4.97. The summed E-state index contributed by atoms with van der Waals surface area (Å²) in [6.45, 7) is 4.28. The van der Waals surface area contributed by atoms with Gasteiger partial charge in [-0.1, -0.05) is 37.8 Å².